The second-order valence-corrected chi connectivity index (χ2v) is 8.12. The Labute approximate surface area is 156 Å². The number of anilines is 2. The Morgan fingerprint density at radius 2 is 1.62 bits per heavy atom. The molecule has 1 fully saturated rings. The lowest BCUT2D eigenvalue weighted by atomic mass is 9.87. The lowest BCUT2D eigenvalue weighted by molar-refractivity contribution is 0.0761. The van der Waals surface area contributed by atoms with E-state index in [9.17, 15) is 4.79 Å². The average Bonchev–Trinajstić information content (AvgIpc) is 2.90. The highest BCUT2D eigenvalue weighted by molar-refractivity contribution is 5.95. The summed E-state index contributed by atoms with van der Waals surface area (Å²) in [5.74, 6) is 0.0890. The van der Waals surface area contributed by atoms with E-state index in [-0.39, 0.29) is 11.3 Å². The monoisotopic (exact) mass is 351 g/mol. The van der Waals surface area contributed by atoms with Crippen molar-refractivity contribution in [3.8, 4) is 0 Å². The highest BCUT2D eigenvalue weighted by atomic mass is 16.2. The van der Waals surface area contributed by atoms with Crippen LogP contribution < -0.4 is 5.32 Å². The van der Waals surface area contributed by atoms with Gasteiger partial charge in [0.2, 0.25) is 0 Å². The molecule has 26 heavy (non-hydrogen) atoms. The number of hydrogen-bond donors (Lipinski definition) is 1. The third-order valence-electron chi connectivity index (χ3n) is 4.92. The number of carbonyl (C=O) groups excluding carboxylic acids is 1. The Morgan fingerprint density at radius 3 is 2.23 bits per heavy atom. The summed E-state index contributed by atoms with van der Waals surface area (Å²) < 4.78 is 0. The van der Waals surface area contributed by atoms with Crippen LogP contribution in [-0.2, 0) is 5.41 Å². The number of hydrogen-bond acceptors (Lipinski definition) is 3. The maximum atomic E-state index is 12.8. The molecule has 0 bridgehead atoms. The standard InChI is InChI=1S/C22H29N3O/c1-22(2,3)18-8-10-19(11-9-18)24-20-14-17(15-23-16-20)21(26)25-12-6-4-5-7-13-25/h8-11,14-16,24H,4-7,12-13H2,1-3H3. The van der Waals surface area contributed by atoms with Crippen molar-refractivity contribution in [3.05, 3.63) is 53.9 Å². The predicted molar refractivity (Wildman–Crippen MR) is 107 cm³/mol. The van der Waals surface area contributed by atoms with Crippen molar-refractivity contribution >= 4 is 17.3 Å². The smallest absolute Gasteiger partial charge is 0.255 e. The number of amides is 1. The summed E-state index contributed by atoms with van der Waals surface area (Å²) >= 11 is 0. The SMILES string of the molecule is CC(C)(C)c1ccc(Nc2cncc(C(=O)N3CCCCCC3)c2)cc1. The van der Waals surface area contributed by atoms with Crippen molar-refractivity contribution in [2.24, 2.45) is 0 Å². The van der Waals surface area contributed by atoms with Gasteiger partial charge < -0.3 is 10.2 Å². The summed E-state index contributed by atoms with van der Waals surface area (Å²) in [5.41, 5.74) is 3.93. The van der Waals surface area contributed by atoms with Crippen molar-refractivity contribution in [1.29, 1.82) is 0 Å². The third-order valence-corrected chi connectivity index (χ3v) is 4.92. The fourth-order valence-corrected chi connectivity index (χ4v) is 3.30. The fraction of sp³-hybridized carbons (Fsp3) is 0.455. The van der Waals surface area contributed by atoms with Gasteiger partial charge in [-0.05, 0) is 42.0 Å². The summed E-state index contributed by atoms with van der Waals surface area (Å²) in [6.45, 7) is 8.32. The number of carbonyl (C=O) groups is 1. The molecule has 0 aliphatic carbocycles. The molecule has 1 aromatic carbocycles. The molecule has 138 valence electrons. The van der Waals surface area contributed by atoms with Gasteiger partial charge in [-0.2, -0.15) is 0 Å². The molecule has 0 atom stereocenters. The molecule has 1 saturated heterocycles. The molecule has 3 rings (SSSR count). The zero-order valence-corrected chi connectivity index (χ0v) is 16.1. The van der Waals surface area contributed by atoms with Crippen LogP contribution in [0.3, 0.4) is 0 Å². The van der Waals surface area contributed by atoms with Gasteiger partial charge in [0, 0.05) is 25.0 Å². The maximum Gasteiger partial charge on any atom is 0.255 e. The van der Waals surface area contributed by atoms with Crippen LogP contribution in [-0.4, -0.2) is 28.9 Å². The number of benzene rings is 1. The zero-order valence-electron chi connectivity index (χ0n) is 16.1. The van der Waals surface area contributed by atoms with Crippen LogP contribution in [0, 0.1) is 0 Å². The second-order valence-electron chi connectivity index (χ2n) is 8.12. The van der Waals surface area contributed by atoms with Gasteiger partial charge in [-0.1, -0.05) is 45.7 Å². The summed E-state index contributed by atoms with van der Waals surface area (Å²) in [4.78, 5) is 19.0. The topological polar surface area (TPSA) is 45.2 Å². The first kappa shape index (κ1) is 18.4. The first-order chi connectivity index (χ1) is 12.4. The predicted octanol–water partition coefficient (Wildman–Crippen LogP) is 5.14. The maximum absolute atomic E-state index is 12.8. The molecule has 1 amide bonds. The molecule has 4 nitrogen and oxygen atoms in total. The minimum Gasteiger partial charge on any atom is -0.354 e. The third kappa shape index (κ3) is 4.63. The van der Waals surface area contributed by atoms with E-state index in [1.54, 1.807) is 12.4 Å². The van der Waals surface area contributed by atoms with Crippen LogP contribution in [0.15, 0.2) is 42.7 Å². The van der Waals surface area contributed by atoms with Gasteiger partial charge in [-0.3, -0.25) is 9.78 Å². The number of nitrogens with one attached hydrogen (secondary N) is 1. The largest absolute Gasteiger partial charge is 0.354 e. The first-order valence-corrected chi connectivity index (χ1v) is 9.55. The van der Waals surface area contributed by atoms with Crippen LogP contribution in [0.4, 0.5) is 11.4 Å². The Bertz CT molecular complexity index is 739. The van der Waals surface area contributed by atoms with Gasteiger partial charge >= 0.3 is 0 Å². The van der Waals surface area contributed by atoms with Gasteiger partial charge in [-0.25, -0.2) is 0 Å². The van der Waals surface area contributed by atoms with E-state index in [4.69, 9.17) is 0 Å². The summed E-state index contributed by atoms with van der Waals surface area (Å²) in [5, 5.41) is 3.36. The summed E-state index contributed by atoms with van der Waals surface area (Å²) in [7, 11) is 0. The van der Waals surface area contributed by atoms with Crippen molar-refractivity contribution in [3.63, 3.8) is 0 Å². The van der Waals surface area contributed by atoms with Crippen molar-refractivity contribution in [2.45, 2.75) is 51.9 Å². The molecular formula is C22H29N3O. The molecule has 2 heterocycles. The van der Waals surface area contributed by atoms with Gasteiger partial charge in [0.25, 0.3) is 5.91 Å². The molecule has 0 unspecified atom stereocenters. The number of likely N-dealkylation sites (tertiary alicyclic amines) is 1. The lowest BCUT2D eigenvalue weighted by Crippen LogP contribution is -2.31. The normalized spacial score (nSPS) is 15.4. The summed E-state index contributed by atoms with van der Waals surface area (Å²) in [6.07, 6.45) is 8.05. The van der Waals surface area contributed by atoms with E-state index in [1.807, 2.05) is 11.0 Å². The second kappa shape index (κ2) is 7.90. The number of aromatic nitrogens is 1. The van der Waals surface area contributed by atoms with E-state index >= 15 is 0 Å². The number of pyridine rings is 1. The zero-order chi connectivity index (χ0) is 18.6. The van der Waals surface area contributed by atoms with Gasteiger partial charge in [0.05, 0.1) is 17.4 Å². The van der Waals surface area contributed by atoms with Crippen molar-refractivity contribution in [2.75, 3.05) is 18.4 Å². The Balaban J connectivity index is 1.71. The molecule has 0 radical (unpaired) electrons. The van der Waals surface area contributed by atoms with Crippen LogP contribution in [0.25, 0.3) is 0 Å². The Morgan fingerprint density at radius 1 is 0.962 bits per heavy atom. The van der Waals surface area contributed by atoms with E-state index in [0.717, 1.165) is 37.3 Å². The van der Waals surface area contributed by atoms with Gasteiger partial charge in [-0.15, -0.1) is 0 Å². The molecule has 1 N–H and O–H groups in total. The molecular weight excluding hydrogens is 322 g/mol. The molecule has 4 heteroatoms. The fourth-order valence-electron chi connectivity index (χ4n) is 3.30. The molecule has 0 saturated carbocycles. The highest BCUT2D eigenvalue weighted by Gasteiger charge is 2.18. The minimum absolute atomic E-state index is 0.0890. The van der Waals surface area contributed by atoms with Crippen molar-refractivity contribution < 1.29 is 4.79 Å². The van der Waals surface area contributed by atoms with Crippen LogP contribution >= 0.6 is 0 Å². The minimum atomic E-state index is 0.0890. The van der Waals surface area contributed by atoms with E-state index in [0.29, 0.717) is 5.56 Å². The molecule has 1 aromatic heterocycles. The summed E-state index contributed by atoms with van der Waals surface area (Å²) in [6, 6.07) is 10.3. The number of rotatable bonds is 3. The first-order valence-electron chi connectivity index (χ1n) is 9.55. The van der Waals surface area contributed by atoms with Crippen LogP contribution in [0.5, 0.6) is 0 Å². The van der Waals surface area contributed by atoms with Gasteiger partial charge in [0.15, 0.2) is 0 Å². The average molecular weight is 351 g/mol. The highest BCUT2D eigenvalue weighted by Crippen LogP contribution is 2.25. The Kier molecular flexibility index (Phi) is 5.60. The van der Waals surface area contributed by atoms with Crippen LogP contribution in [0.1, 0.15) is 62.4 Å². The Hall–Kier alpha value is -2.36. The van der Waals surface area contributed by atoms with E-state index < -0.39 is 0 Å². The van der Waals surface area contributed by atoms with E-state index in [1.165, 1.54) is 18.4 Å². The molecule has 1 aliphatic heterocycles. The van der Waals surface area contributed by atoms with Crippen LogP contribution in [0.2, 0.25) is 0 Å². The quantitative estimate of drug-likeness (QED) is 0.833. The molecule has 1 aliphatic rings. The van der Waals surface area contributed by atoms with Crippen molar-refractivity contribution in [1.82, 2.24) is 9.88 Å². The lowest BCUT2D eigenvalue weighted by Gasteiger charge is -2.20. The number of nitrogens with zero attached hydrogens (tertiary/aromatic N) is 2. The van der Waals surface area contributed by atoms with E-state index in [2.05, 4.69) is 55.3 Å². The van der Waals surface area contributed by atoms with Gasteiger partial charge in [0.1, 0.15) is 0 Å². The molecule has 2 aromatic rings. The molecule has 0 spiro atoms.